The Labute approximate surface area is 161 Å². The Balaban J connectivity index is 1.89. The second-order valence-electron chi connectivity index (χ2n) is 7.07. The van der Waals surface area contributed by atoms with Gasteiger partial charge in [0.1, 0.15) is 5.82 Å². The molecule has 2 aliphatic rings. The van der Waals surface area contributed by atoms with Gasteiger partial charge < -0.3 is 10.6 Å². The first-order valence-corrected chi connectivity index (χ1v) is 9.12. The second-order valence-corrected chi connectivity index (χ2v) is 7.07. The average Bonchev–Trinajstić information content (AvgIpc) is 3.25. The molecule has 2 atom stereocenters. The molecular weight excluding hydrogens is 363 g/mol. The van der Waals surface area contributed by atoms with Gasteiger partial charge in [0, 0.05) is 31.4 Å². The van der Waals surface area contributed by atoms with E-state index in [0.717, 1.165) is 31.7 Å². The molecule has 4 rings (SSSR count). The van der Waals surface area contributed by atoms with Crippen LogP contribution in [-0.2, 0) is 17.5 Å². The summed E-state index contributed by atoms with van der Waals surface area (Å²) < 4.78 is 16.6. The topological polar surface area (TPSA) is 101 Å². The Hall–Kier alpha value is -2.91. The number of halogens is 1. The summed E-state index contributed by atoms with van der Waals surface area (Å²) in [5.41, 5.74) is -0.859. The summed E-state index contributed by atoms with van der Waals surface area (Å²) in [7, 11) is 1.73. The molecule has 2 aromatic rings. The predicted molar refractivity (Wildman–Crippen MR) is 99.8 cm³/mol. The standard InChI is InChI=1S/C19H21FN6O2/c1-3-14(27)19(24-12-5-4-6-21-8-12)16-13(20)9-22-17(15(16)18(28)25-19)11-7-23-26(2)10-11/h3,7,9-10,12,21,24H,1,4-6,8H2,2H3,(H,25,28). The fourth-order valence-corrected chi connectivity index (χ4v) is 3.93. The first kappa shape index (κ1) is 18.5. The van der Waals surface area contributed by atoms with E-state index in [1.165, 1.54) is 0 Å². The molecule has 0 bridgehead atoms. The summed E-state index contributed by atoms with van der Waals surface area (Å²) in [4.78, 5) is 29.9. The molecule has 1 amide bonds. The van der Waals surface area contributed by atoms with E-state index in [-0.39, 0.29) is 22.9 Å². The number of pyridine rings is 1. The van der Waals surface area contributed by atoms with E-state index >= 15 is 0 Å². The highest BCUT2D eigenvalue weighted by molar-refractivity contribution is 6.12. The third-order valence-corrected chi connectivity index (χ3v) is 5.19. The normalized spacial score (nSPS) is 23.9. The zero-order valence-electron chi connectivity index (χ0n) is 15.5. The van der Waals surface area contributed by atoms with Crippen molar-refractivity contribution in [3.05, 3.63) is 48.2 Å². The Morgan fingerprint density at radius 3 is 2.96 bits per heavy atom. The molecule has 0 radical (unpaired) electrons. The monoisotopic (exact) mass is 384 g/mol. The fourth-order valence-electron chi connectivity index (χ4n) is 3.93. The lowest BCUT2D eigenvalue weighted by Gasteiger charge is -2.35. The van der Waals surface area contributed by atoms with E-state index in [2.05, 4.69) is 32.6 Å². The number of hydrogen-bond acceptors (Lipinski definition) is 6. The lowest BCUT2D eigenvalue weighted by Crippen LogP contribution is -2.62. The van der Waals surface area contributed by atoms with E-state index in [1.807, 2.05) is 0 Å². The lowest BCUT2D eigenvalue weighted by atomic mass is 9.91. The van der Waals surface area contributed by atoms with Crippen molar-refractivity contribution in [2.45, 2.75) is 24.5 Å². The van der Waals surface area contributed by atoms with Crippen LogP contribution in [0.2, 0.25) is 0 Å². The maximum Gasteiger partial charge on any atom is 0.256 e. The quantitative estimate of drug-likeness (QED) is 0.653. The smallest absolute Gasteiger partial charge is 0.256 e. The molecular formula is C19H21FN6O2. The van der Waals surface area contributed by atoms with Crippen molar-refractivity contribution in [2.24, 2.45) is 7.05 Å². The molecule has 3 N–H and O–H groups in total. The van der Waals surface area contributed by atoms with Gasteiger partial charge in [-0.3, -0.25) is 24.6 Å². The zero-order chi connectivity index (χ0) is 19.9. The molecule has 1 saturated heterocycles. The van der Waals surface area contributed by atoms with Crippen LogP contribution in [0.5, 0.6) is 0 Å². The molecule has 0 aliphatic carbocycles. The van der Waals surface area contributed by atoms with Crippen LogP contribution in [0.3, 0.4) is 0 Å². The highest BCUT2D eigenvalue weighted by atomic mass is 19.1. The first-order chi connectivity index (χ1) is 13.5. The molecule has 0 saturated carbocycles. The third kappa shape index (κ3) is 2.83. The lowest BCUT2D eigenvalue weighted by molar-refractivity contribution is -0.122. The van der Waals surface area contributed by atoms with Crippen molar-refractivity contribution in [1.82, 2.24) is 30.7 Å². The van der Waals surface area contributed by atoms with Gasteiger partial charge in [0.25, 0.3) is 5.91 Å². The van der Waals surface area contributed by atoms with E-state index in [4.69, 9.17) is 0 Å². The number of nitrogens with one attached hydrogen (secondary N) is 3. The van der Waals surface area contributed by atoms with Crippen molar-refractivity contribution in [3.8, 4) is 11.3 Å². The number of rotatable bonds is 5. The number of hydrogen-bond donors (Lipinski definition) is 3. The van der Waals surface area contributed by atoms with Crippen LogP contribution in [0.25, 0.3) is 11.3 Å². The van der Waals surface area contributed by atoms with E-state index in [0.29, 0.717) is 12.1 Å². The van der Waals surface area contributed by atoms with Crippen LogP contribution in [0, 0.1) is 5.82 Å². The van der Waals surface area contributed by atoms with Crippen LogP contribution in [0.15, 0.2) is 31.2 Å². The van der Waals surface area contributed by atoms with Gasteiger partial charge in [0.2, 0.25) is 0 Å². The maximum atomic E-state index is 15.0. The van der Waals surface area contributed by atoms with Gasteiger partial charge >= 0.3 is 0 Å². The van der Waals surface area contributed by atoms with Crippen molar-refractivity contribution in [1.29, 1.82) is 0 Å². The van der Waals surface area contributed by atoms with Gasteiger partial charge in [-0.15, -0.1) is 0 Å². The summed E-state index contributed by atoms with van der Waals surface area (Å²) in [6.45, 7) is 5.04. The molecule has 146 valence electrons. The zero-order valence-corrected chi connectivity index (χ0v) is 15.5. The number of ketones is 1. The number of carbonyl (C=O) groups is 2. The second kappa shape index (κ2) is 6.92. The fraction of sp³-hybridized carbons (Fsp3) is 0.368. The van der Waals surface area contributed by atoms with E-state index in [1.54, 1.807) is 24.1 Å². The third-order valence-electron chi connectivity index (χ3n) is 5.19. The maximum absolute atomic E-state index is 15.0. The van der Waals surface area contributed by atoms with E-state index in [9.17, 15) is 14.0 Å². The highest BCUT2D eigenvalue weighted by Gasteiger charge is 2.52. The minimum Gasteiger partial charge on any atom is -0.323 e. The Morgan fingerprint density at radius 1 is 1.50 bits per heavy atom. The summed E-state index contributed by atoms with van der Waals surface area (Å²) in [6.07, 6.45) is 7.07. The molecule has 2 aromatic heterocycles. The predicted octanol–water partition coefficient (Wildman–Crippen LogP) is 0.614. The summed E-state index contributed by atoms with van der Waals surface area (Å²) in [6, 6.07) is -0.113. The van der Waals surface area contributed by atoms with Crippen LogP contribution in [-0.4, -0.2) is 45.6 Å². The molecule has 9 heteroatoms. The van der Waals surface area contributed by atoms with Crippen LogP contribution in [0.1, 0.15) is 28.8 Å². The summed E-state index contributed by atoms with van der Waals surface area (Å²) >= 11 is 0. The van der Waals surface area contributed by atoms with Gasteiger partial charge in [-0.1, -0.05) is 6.58 Å². The SMILES string of the molecule is C=CC(=O)C1(NC2CCCNC2)NC(=O)c2c(-c3cnn(C)c3)ncc(F)c21. The average molecular weight is 384 g/mol. The molecule has 28 heavy (non-hydrogen) atoms. The van der Waals surface area contributed by atoms with E-state index < -0.39 is 23.2 Å². The van der Waals surface area contributed by atoms with Crippen molar-refractivity contribution < 1.29 is 14.0 Å². The number of aryl methyl sites for hydroxylation is 1. The van der Waals surface area contributed by atoms with Crippen molar-refractivity contribution in [3.63, 3.8) is 0 Å². The number of carbonyl (C=O) groups excluding carboxylic acids is 2. The number of piperidine rings is 1. The molecule has 0 spiro atoms. The van der Waals surface area contributed by atoms with Gasteiger partial charge in [-0.05, 0) is 25.5 Å². The van der Waals surface area contributed by atoms with Crippen LogP contribution in [0.4, 0.5) is 4.39 Å². The summed E-state index contributed by atoms with van der Waals surface area (Å²) in [5, 5.41) is 13.2. The van der Waals surface area contributed by atoms with Crippen molar-refractivity contribution in [2.75, 3.05) is 13.1 Å². The number of fused-ring (bicyclic) bond motifs is 1. The first-order valence-electron chi connectivity index (χ1n) is 9.12. The molecule has 4 heterocycles. The number of amides is 1. The Kier molecular flexibility index (Phi) is 4.56. The van der Waals surface area contributed by atoms with Gasteiger partial charge in [0.05, 0.1) is 29.2 Å². The minimum atomic E-state index is -1.71. The molecule has 1 fully saturated rings. The van der Waals surface area contributed by atoms with Crippen LogP contribution < -0.4 is 16.0 Å². The summed E-state index contributed by atoms with van der Waals surface area (Å²) in [5.74, 6) is -1.81. The Bertz CT molecular complexity index is 965. The Morgan fingerprint density at radius 2 is 2.32 bits per heavy atom. The van der Waals surface area contributed by atoms with Gasteiger partial charge in [-0.25, -0.2) is 4.39 Å². The highest BCUT2D eigenvalue weighted by Crippen LogP contribution is 2.37. The molecule has 2 unspecified atom stereocenters. The van der Waals surface area contributed by atoms with Crippen molar-refractivity contribution >= 4 is 11.7 Å². The minimum absolute atomic E-state index is 0.0400. The van der Waals surface area contributed by atoms with Crippen LogP contribution >= 0.6 is 0 Å². The molecule has 2 aliphatic heterocycles. The van der Waals surface area contributed by atoms with Gasteiger partial charge in [-0.2, -0.15) is 5.10 Å². The molecule has 8 nitrogen and oxygen atoms in total. The largest absolute Gasteiger partial charge is 0.323 e. The number of nitrogens with zero attached hydrogens (tertiary/aromatic N) is 3. The van der Waals surface area contributed by atoms with Gasteiger partial charge in [0.15, 0.2) is 11.4 Å². The molecule has 0 aromatic carbocycles. The number of aromatic nitrogens is 3.